The van der Waals surface area contributed by atoms with E-state index in [9.17, 15) is 0 Å². The summed E-state index contributed by atoms with van der Waals surface area (Å²) in [4.78, 5) is 15.8. The quantitative estimate of drug-likeness (QED) is 0.150. The molecule has 0 amide bonds. The largest absolute Gasteiger partial charge is 0.309 e. The van der Waals surface area contributed by atoms with Crippen molar-refractivity contribution in [3.05, 3.63) is 249 Å². The van der Waals surface area contributed by atoms with Crippen LogP contribution in [0.15, 0.2) is 249 Å². The number of fused-ring (bicyclic) bond motifs is 10. The van der Waals surface area contributed by atoms with Crippen molar-refractivity contribution in [1.82, 2.24) is 24.1 Å². The van der Waals surface area contributed by atoms with Crippen LogP contribution in [0.1, 0.15) is 0 Å². The van der Waals surface area contributed by atoms with Crippen molar-refractivity contribution in [2.24, 2.45) is 0 Å². The number of rotatable bonds is 7. The highest BCUT2D eigenvalue weighted by Gasteiger charge is 2.21. The first-order valence-electron chi connectivity index (χ1n) is 23.8. The van der Waals surface area contributed by atoms with Crippen molar-refractivity contribution < 1.29 is 0 Å². The molecular weight excluding hydrogens is 851 g/mol. The Labute approximate surface area is 403 Å². The van der Waals surface area contributed by atoms with Gasteiger partial charge >= 0.3 is 0 Å². The number of aromatic nitrogens is 5. The van der Waals surface area contributed by atoms with Crippen LogP contribution >= 0.6 is 0 Å². The fraction of sp³-hybridized carbons (Fsp3) is 0. The minimum Gasteiger partial charge on any atom is -0.309 e. The number of benzene rings is 10. The normalized spacial score (nSPS) is 11.7. The number of nitrogens with zero attached hydrogens (tertiary/aromatic N) is 5. The van der Waals surface area contributed by atoms with Crippen LogP contribution in [-0.4, -0.2) is 24.1 Å². The molecule has 0 atom stereocenters. The van der Waals surface area contributed by atoms with Crippen molar-refractivity contribution in [2.45, 2.75) is 0 Å². The van der Waals surface area contributed by atoms with E-state index in [0.717, 1.165) is 78.1 Å². The fourth-order valence-corrected chi connectivity index (χ4v) is 10.7. The molecule has 0 fully saturated rings. The summed E-state index contributed by atoms with van der Waals surface area (Å²) in [5, 5.41) is 8.37. The minimum absolute atomic E-state index is 0.686. The number of pyridine rings is 1. The second-order valence-electron chi connectivity index (χ2n) is 18.0. The molecule has 0 bridgehead atoms. The van der Waals surface area contributed by atoms with Crippen LogP contribution in [-0.2, 0) is 0 Å². The summed E-state index contributed by atoms with van der Waals surface area (Å²) >= 11 is 0. The van der Waals surface area contributed by atoms with Gasteiger partial charge in [0.05, 0.1) is 44.7 Å². The molecule has 0 unspecified atom stereocenters. The Kier molecular flexibility index (Phi) is 9.14. The molecule has 4 aromatic heterocycles. The highest BCUT2D eigenvalue weighted by Crippen LogP contribution is 2.43. The minimum atomic E-state index is 0.686. The number of hydrogen-bond donors (Lipinski definition) is 0. The summed E-state index contributed by atoms with van der Waals surface area (Å²) in [6.07, 6.45) is 0. The smallest absolute Gasteiger partial charge is 0.160 e. The van der Waals surface area contributed by atoms with Gasteiger partial charge in [0.15, 0.2) is 5.82 Å². The fourth-order valence-electron chi connectivity index (χ4n) is 10.7. The van der Waals surface area contributed by atoms with Crippen molar-refractivity contribution in [3.8, 4) is 67.7 Å². The summed E-state index contributed by atoms with van der Waals surface area (Å²) in [5.74, 6) is 0.686. The molecule has 70 heavy (non-hydrogen) atoms. The topological polar surface area (TPSA) is 48.5 Å². The predicted molar refractivity (Wildman–Crippen MR) is 291 cm³/mol. The molecule has 0 N–H and O–H groups in total. The van der Waals surface area contributed by atoms with Gasteiger partial charge < -0.3 is 9.13 Å². The van der Waals surface area contributed by atoms with Crippen LogP contribution in [0.2, 0.25) is 0 Å². The van der Waals surface area contributed by atoms with Gasteiger partial charge in [0.2, 0.25) is 0 Å². The van der Waals surface area contributed by atoms with Crippen LogP contribution in [0, 0.1) is 0 Å². The summed E-state index contributed by atoms with van der Waals surface area (Å²) in [6.45, 7) is 0. The van der Waals surface area contributed by atoms with Gasteiger partial charge in [-0.25, -0.2) is 15.0 Å². The first-order valence-corrected chi connectivity index (χ1v) is 23.8. The summed E-state index contributed by atoms with van der Waals surface area (Å²) < 4.78 is 4.77. The van der Waals surface area contributed by atoms with E-state index in [1.165, 1.54) is 49.0 Å². The molecule has 326 valence electrons. The zero-order valence-electron chi connectivity index (χ0n) is 37.9. The molecule has 5 nitrogen and oxygen atoms in total. The molecule has 5 heteroatoms. The first-order chi connectivity index (χ1) is 34.7. The number of hydrogen-bond acceptors (Lipinski definition) is 3. The SMILES string of the molecule is c1ccc(-c2nc(-c3ccc(-c4ccc5c(c4)nc(-c4ccccc4)c4ccc6c7ccccc7n(-c7ccccc7)c6c45)cc3)cc(-c3ccc(-n4c5ccccc5c5ccccc54)cc3)n2)cc1. The van der Waals surface area contributed by atoms with Crippen LogP contribution in [0.4, 0.5) is 0 Å². The lowest BCUT2D eigenvalue weighted by atomic mass is 9.95. The maximum absolute atomic E-state index is 5.48. The average Bonchev–Trinajstić information content (AvgIpc) is 3.96. The maximum Gasteiger partial charge on any atom is 0.160 e. The van der Waals surface area contributed by atoms with E-state index in [-0.39, 0.29) is 0 Å². The van der Waals surface area contributed by atoms with E-state index in [1.807, 2.05) is 18.2 Å². The maximum atomic E-state index is 5.48. The summed E-state index contributed by atoms with van der Waals surface area (Å²) in [6, 6.07) is 88.4. The summed E-state index contributed by atoms with van der Waals surface area (Å²) in [5.41, 5.74) is 16.9. The van der Waals surface area contributed by atoms with E-state index in [1.54, 1.807) is 0 Å². The highest BCUT2D eigenvalue weighted by molar-refractivity contribution is 6.27. The molecule has 0 saturated heterocycles. The third kappa shape index (κ3) is 6.44. The Morgan fingerprint density at radius 3 is 1.36 bits per heavy atom. The standard InChI is InChI=1S/C65H41N5/c1-4-16-45(17-5-1)63-55-39-38-53-52-24-12-15-27-61(52)70(48-20-8-3-9-21-48)64(53)62(55)54-37-34-47(40-58(54)66-63)42-28-30-43(31-29-42)56-41-57(68-65(67-56)46-18-6-2-7-19-46)44-32-35-49(36-33-44)69-59-25-13-10-22-50(59)51-23-11-14-26-60(51)69/h1-41H. The lowest BCUT2D eigenvalue weighted by Gasteiger charge is -2.15. The van der Waals surface area contributed by atoms with Gasteiger partial charge in [-0.05, 0) is 65.7 Å². The van der Waals surface area contributed by atoms with Crippen LogP contribution in [0.25, 0.3) is 133 Å². The first kappa shape index (κ1) is 39.7. The predicted octanol–water partition coefficient (Wildman–Crippen LogP) is 16.7. The van der Waals surface area contributed by atoms with Crippen LogP contribution in [0.3, 0.4) is 0 Å². The Hall–Kier alpha value is -9.45. The molecule has 14 aromatic rings. The van der Waals surface area contributed by atoms with E-state index in [4.69, 9.17) is 15.0 Å². The lowest BCUT2D eigenvalue weighted by Crippen LogP contribution is -1.97. The van der Waals surface area contributed by atoms with E-state index < -0.39 is 0 Å². The van der Waals surface area contributed by atoms with Crippen molar-refractivity contribution in [2.75, 3.05) is 0 Å². The third-order valence-corrected chi connectivity index (χ3v) is 13.9. The Morgan fingerprint density at radius 2 is 0.729 bits per heavy atom. The van der Waals surface area contributed by atoms with Crippen LogP contribution < -0.4 is 0 Å². The zero-order valence-corrected chi connectivity index (χ0v) is 37.9. The molecule has 0 aliphatic heterocycles. The zero-order chi connectivity index (χ0) is 46.1. The third-order valence-electron chi connectivity index (χ3n) is 13.9. The van der Waals surface area contributed by atoms with Gasteiger partial charge in [-0.1, -0.05) is 194 Å². The van der Waals surface area contributed by atoms with Gasteiger partial charge in [-0.3, -0.25) is 0 Å². The molecule has 14 rings (SSSR count). The average molecular weight is 892 g/mol. The Balaban J connectivity index is 0.882. The van der Waals surface area contributed by atoms with Crippen molar-refractivity contribution >= 4 is 65.3 Å². The van der Waals surface area contributed by atoms with E-state index in [0.29, 0.717) is 5.82 Å². The second-order valence-corrected chi connectivity index (χ2v) is 18.0. The van der Waals surface area contributed by atoms with Crippen LogP contribution in [0.5, 0.6) is 0 Å². The van der Waals surface area contributed by atoms with Gasteiger partial charge in [-0.15, -0.1) is 0 Å². The van der Waals surface area contributed by atoms with Crippen molar-refractivity contribution in [1.29, 1.82) is 0 Å². The van der Waals surface area contributed by atoms with Gasteiger partial charge in [0, 0.05) is 71.3 Å². The number of para-hydroxylation sites is 4. The molecular formula is C65H41N5. The lowest BCUT2D eigenvalue weighted by molar-refractivity contribution is 1.17. The van der Waals surface area contributed by atoms with Gasteiger partial charge in [0.25, 0.3) is 0 Å². The molecule has 0 radical (unpaired) electrons. The van der Waals surface area contributed by atoms with Crippen molar-refractivity contribution in [3.63, 3.8) is 0 Å². The molecule has 0 spiro atoms. The van der Waals surface area contributed by atoms with Gasteiger partial charge in [0.1, 0.15) is 0 Å². The van der Waals surface area contributed by atoms with E-state index in [2.05, 4.69) is 240 Å². The molecule has 0 aliphatic rings. The Morgan fingerprint density at radius 1 is 0.271 bits per heavy atom. The van der Waals surface area contributed by atoms with E-state index >= 15 is 0 Å². The molecule has 10 aromatic carbocycles. The second kappa shape index (κ2) is 16.1. The molecule has 4 heterocycles. The summed E-state index contributed by atoms with van der Waals surface area (Å²) in [7, 11) is 0. The highest BCUT2D eigenvalue weighted by atomic mass is 15.0. The molecule has 0 aliphatic carbocycles. The molecule has 0 saturated carbocycles. The van der Waals surface area contributed by atoms with Gasteiger partial charge in [-0.2, -0.15) is 0 Å². The Bertz CT molecular complexity index is 4250. The monoisotopic (exact) mass is 891 g/mol.